The zero-order valence-corrected chi connectivity index (χ0v) is 9.77. The summed E-state index contributed by atoms with van der Waals surface area (Å²) >= 11 is 5.95. The molecule has 0 spiro atoms. The second-order valence-corrected chi connectivity index (χ2v) is 4.72. The van der Waals surface area contributed by atoms with Crippen LogP contribution in [0.25, 0.3) is 0 Å². The van der Waals surface area contributed by atoms with Crippen LogP contribution in [0.1, 0.15) is 31.2 Å². The van der Waals surface area contributed by atoms with Gasteiger partial charge in [-0.25, -0.2) is 4.39 Å². The summed E-state index contributed by atoms with van der Waals surface area (Å²) in [6, 6.07) is 4.66. The molecule has 1 atom stereocenters. The molecule has 1 aliphatic rings. The van der Waals surface area contributed by atoms with Gasteiger partial charge >= 0.3 is 0 Å². The molecule has 86 valence electrons. The van der Waals surface area contributed by atoms with E-state index in [4.69, 9.17) is 11.6 Å². The Hall–Kier alpha value is -0.890. The minimum atomic E-state index is -0.300. The van der Waals surface area contributed by atoms with E-state index in [1.165, 1.54) is 6.07 Å². The molecule has 0 saturated heterocycles. The maximum absolute atomic E-state index is 13.5. The molecule has 1 unspecified atom stereocenters. The number of hydrogen-bond donors (Lipinski definition) is 0. The number of ketones is 1. The van der Waals surface area contributed by atoms with Crippen LogP contribution >= 0.6 is 11.6 Å². The molecule has 1 saturated carbocycles. The lowest BCUT2D eigenvalue weighted by molar-refractivity contribution is -0.124. The first-order valence-corrected chi connectivity index (χ1v) is 6.02. The number of Topliss-reactive ketones (excluding diaryl/α,β-unsaturated/α-hetero) is 1. The van der Waals surface area contributed by atoms with Crippen molar-refractivity contribution in [2.75, 3.05) is 0 Å². The molecule has 0 amide bonds. The van der Waals surface area contributed by atoms with Gasteiger partial charge < -0.3 is 0 Å². The Balaban J connectivity index is 2.16. The average Bonchev–Trinajstić information content (AvgIpc) is 2.26. The standard InChI is InChI=1S/C13H14ClFO/c14-11-5-3-6-12(15)10(11)8-9-4-1-2-7-13(9)16/h3,5-6,9H,1-2,4,7-8H2. The zero-order valence-electron chi connectivity index (χ0n) is 9.01. The summed E-state index contributed by atoms with van der Waals surface area (Å²) in [6.45, 7) is 0. The maximum atomic E-state index is 13.5. The van der Waals surface area contributed by atoms with Crippen molar-refractivity contribution in [3.8, 4) is 0 Å². The number of hydrogen-bond acceptors (Lipinski definition) is 1. The van der Waals surface area contributed by atoms with Gasteiger partial charge in [0.2, 0.25) is 0 Å². The third-order valence-corrected chi connectivity index (χ3v) is 3.55. The van der Waals surface area contributed by atoms with E-state index < -0.39 is 0 Å². The fraction of sp³-hybridized carbons (Fsp3) is 0.462. The van der Waals surface area contributed by atoms with Crippen LogP contribution in [-0.2, 0) is 11.2 Å². The molecule has 2 rings (SSSR count). The van der Waals surface area contributed by atoms with Gasteiger partial charge in [-0.2, -0.15) is 0 Å². The Bertz CT molecular complexity index is 383. The average molecular weight is 241 g/mol. The number of carbonyl (C=O) groups excluding carboxylic acids is 1. The van der Waals surface area contributed by atoms with E-state index in [2.05, 4.69) is 0 Å². The molecule has 1 aromatic rings. The molecule has 0 heterocycles. The van der Waals surface area contributed by atoms with E-state index in [1.807, 2.05) is 0 Å². The van der Waals surface area contributed by atoms with Gasteiger partial charge in [-0.05, 0) is 31.4 Å². The van der Waals surface area contributed by atoms with Crippen molar-refractivity contribution in [3.05, 3.63) is 34.6 Å². The molecule has 1 aliphatic carbocycles. The van der Waals surface area contributed by atoms with Gasteiger partial charge in [-0.1, -0.05) is 24.1 Å². The summed E-state index contributed by atoms with van der Waals surface area (Å²) < 4.78 is 13.5. The normalized spacial score (nSPS) is 21.1. The van der Waals surface area contributed by atoms with Crippen molar-refractivity contribution in [2.45, 2.75) is 32.1 Å². The number of benzene rings is 1. The third-order valence-electron chi connectivity index (χ3n) is 3.19. The van der Waals surface area contributed by atoms with Gasteiger partial charge in [-0.3, -0.25) is 4.79 Å². The van der Waals surface area contributed by atoms with Crippen LogP contribution in [-0.4, -0.2) is 5.78 Å². The van der Waals surface area contributed by atoms with Crippen molar-refractivity contribution in [1.29, 1.82) is 0 Å². The van der Waals surface area contributed by atoms with E-state index >= 15 is 0 Å². The highest BCUT2D eigenvalue weighted by molar-refractivity contribution is 6.31. The molecular weight excluding hydrogens is 227 g/mol. The lowest BCUT2D eigenvalue weighted by Gasteiger charge is -2.21. The predicted molar refractivity (Wildman–Crippen MR) is 62.1 cm³/mol. The second kappa shape index (κ2) is 4.96. The first-order chi connectivity index (χ1) is 7.68. The topological polar surface area (TPSA) is 17.1 Å². The molecular formula is C13H14ClFO. The Labute approximate surface area is 99.6 Å². The fourth-order valence-electron chi connectivity index (χ4n) is 2.24. The molecule has 1 aromatic carbocycles. The minimum Gasteiger partial charge on any atom is -0.299 e. The van der Waals surface area contributed by atoms with Crippen LogP contribution in [0.5, 0.6) is 0 Å². The number of rotatable bonds is 2. The van der Waals surface area contributed by atoms with Gasteiger partial charge in [0.25, 0.3) is 0 Å². The van der Waals surface area contributed by atoms with E-state index in [1.54, 1.807) is 12.1 Å². The van der Waals surface area contributed by atoms with Crippen LogP contribution in [0.2, 0.25) is 5.02 Å². The highest BCUT2D eigenvalue weighted by Crippen LogP contribution is 2.28. The molecule has 1 fully saturated rings. The van der Waals surface area contributed by atoms with Crippen molar-refractivity contribution < 1.29 is 9.18 Å². The van der Waals surface area contributed by atoms with Crippen LogP contribution in [0.15, 0.2) is 18.2 Å². The summed E-state index contributed by atoms with van der Waals surface area (Å²) in [6.07, 6.45) is 3.98. The van der Waals surface area contributed by atoms with E-state index in [0.29, 0.717) is 23.4 Å². The van der Waals surface area contributed by atoms with E-state index in [9.17, 15) is 9.18 Å². The molecule has 3 heteroatoms. The van der Waals surface area contributed by atoms with Gasteiger partial charge in [0.1, 0.15) is 11.6 Å². The Morgan fingerprint density at radius 3 is 2.88 bits per heavy atom. The van der Waals surface area contributed by atoms with Crippen molar-refractivity contribution in [1.82, 2.24) is 0 Å². The lowest BCUT2D eigenvalue weighted by Crippen LogP contribution is -2.21. The second-order valence-electron chi connectivity index (χ2n) is 4.31. The molecule has 1 nitrogen and oxygen atoms in total. The molecule has 0 radical (unpaired) electrons. The summed E-state index contributed by atoms with van der Waals surface area (Å²) in [5.74, 6) is -0.0837. The van der Waals surface area contributed by atoms with Crippen molar-refractivity contribution >= 4 is 17.4 Å². The maximum Gasteiger partial charge on any atom is 0.136 e. The predicted octanol–water partition coefficient (Wildman–Crippen LogP) is 3.78. The SMILES string of the molecule is O=C1CCCCC1Cc1c(F)cccc1Cl. The van der Waals surface area contributed by atoms with Gasteiger partial charge in [-0.15, -0.1) is 0 Å². The summed E-state index contributed by atoms with van der Waals surface area (Å²) in [5, 5.41) is 0.429. The van der Waals surface area contributed by atoms with Crippen LogP contribution in [0, 0.1) is 11.7 Å². The van der Waals surface area contributed by atoms with Crippen LogP contribution in [0.3, 0.4) is 0 Å². The Kier molecular flexibility index (Phi) is 3.59. The first-order valence-electron chi connectivity index (χ1n) is 5.64. The number of halogens is 2. The molecule has 16 heavy (non-hydrogen) atoms. The monoisotopic (exact) mass is 240 g/mol. The minimum absolute atomic E-state index is 0.0388. The highest BCUT2D eigenvalue weighted by Gasteiger charge is 2.24. The van der Waals surface area contributed by atoms with E-state index in [0.717, 1.165) is 19.3 Å². The quantitative estimate of drug-likeness (QED) is 0.769. The fourth-order valence-corrected chi connectivity index (χ4v) is 2.48. The smallest absolute Gasteiger partial charge is 0.136 e. The first kappa shape index (κ1) is 11.6. The van der Waals surface area contributed by atoms with Crippen LogP contribution in [0.4, 0.5) is 4.39 Å². The van der Waals surface area contributed by atoms with Crippen molar-refractivity contribution in [3.63, 3.8) is 0 Å². The lowest BCUT2D eigenvalue weighted by atomic mass is 9.83. The Morgan fingerprint density at radius 1 is 1.38 bits per heavy atom. The molecule has 0 aromatic heterocycles. The zero-order chi connectivity index (χ0) is 11.5. The summed E-state index contributed by atoms with van der Waals surface area (Å²) in [7, 11) is 0. The molecule has 0 aliphatic heterocycles. The molecule has 0 N–H and O–H groups in total. The van der Waals surface area contributed by atoms with Gasteiger partial charge in [0.05, 0.1) is 0 Å². The highest BCUT2D eigenvalue weighted by atomic mass is 35.5. The van der Waals surface area contributed by atoms with Crippen LogP contribution < -0.4 is 0 Å². The van der Waals surface area contributed by atoms with Gasteiger partial charge in [0.15, 0.2) is 0 Å². The third kappa shape index (κ3) is 2.43. The Morgan fingerprint density at radius 2 is 2.19 bits per heavy atom. The summed E-state index contributed by atoms with van der Waals surface area (Å²) in [4.78, 5) is 11.7. The largest absolute Gasteiger partial charge is 0.299 e. The van der Waals surface area contributed by atoms with E-state index in [-0.39, 0.29) is 17.5 Å². The van der Waals surface area contributed by atoms with Gasteiger partial charge in [0, 0.05) is 22.9 Å². The number of carbonyl (C=O) groups is 1. The molecule has 0 bridgehead atoms. The van der Waals surface area contributed by atoms with Crippen molar-refractivity contribution in [2.24, 2.45) is 5.92 Å². The summed E-state index contributed by atoms with van der Waals surface area (Å²) in [5.41, 5.74) is 0.490.